The van der Waals surface area contributed by atoms with E-state index in [1.165, 1.54) is 6.20 Å². The van der Waals surface area contributed by atoms with Gasteiger partial charge in [0.1, 0.15) is 23.9 Å². The van der Waals surface area contributed by atoms with Gasteiger partial charge in [-0.05, 0) is 0 Å². The molecule has 0 bridgehead atoms. The van der Waals surface area contributed by atoms with Gasteiger partial charge < -0.3 is 19.6 Å². The summed E-state index contributed by atoms with van der Waals surface area (Å²) in [5.41, 5.74) is 3.10. The van der Waals surface area contributed by atoms with Crippen molar-refractivity contribution in [2.24, 2.45) is 5.84 Å². The molecule has 0 atom stereocenters. The third-order valence-electron chi connectivity index (χ3n) is 2.56. The van der Waals surface area contributed by atoms with Crippen LogP contribution in [0.25, 0.3) is 0 Å². The van der Waals surface area contributed by atoms with E-state index in [0.29, 0.717) is 28.8 Å². The number of anilines is 1. The molecule has 106 valence electrons. The Hall–Kier alpha value is -2.54. The van der Waals surface area contributed by atoms with Crippen LogP contribution in [0.5, 0.6) is 17.2 Å². The maximum atomic E-state index is 5.64. The number of hydrogen-bond acceptors (Lipinski definition) is 7. The third-order valence-corrected chi connectivity index (χ3v) is 2.56. The maximum absolute atomic E-state index is 5.64. The van der Waals surface area contributed by atoms with Crippen molar-refractivity contribution in [3.63, 3.8) is 0 Å². The molecule has 1 heterocycles. The fourth-order valence-corrected chi connectivity index (χ4v) is 1.53. The lowest BCUT2D eigenvalue weighted by Crippen LogP contribution is -2.09. The summed E-state index contributed by atoms with van der Waals surface area (Å²) in [4.78, 5) is 8.21. The van der Waals surface area contributed by atoms with Gasteiger partial charge in [0.2, 0.25) is 0 Å². The summed E-state index contributed by atoms with van der Waals surface area (Å²) >= 11 is 0. The fourth-order valence-electron chi connectivity index (χ4n) is 1.53. The predicted octanol–water partition coefficient (Wildman–Crippen LogP) is 1.36. The number of methoxy groups -OCH3 is 2. The first-order chi connectivity index (χ1) is 9.75. The zero-order chi connectivity index (χ0) is 14.4. The van der Waals surface area contributed by atoms with Crippen LogP contribution in [0.2, 0.25) is 0 Å². The lowest BCUT2D eigenvalue weighted by atomic mass is 10.3. The zero-order valence-corrected chi connectivity index (χ0v) is 11.3. The molecular formula is C13H16N4O3. The molecule has 0 aliphatic heterocycles. The van der Waals surface area contributed by atoms with Gasteiger partial charge in [-0.1, -0.05) is 0 Å². The van der Waals surface area contributed by atoms with Crippen molar-refractivity contribution < 1.29 is 14.2 Å². The Morgan fingerprint density at radius 3 is 2.15 bits per heavy atom. The van der Waals surface area contributed by atoms with Crippen LogP contribution in [0, 0.1) is 0 Å². The zero-order valence-electron chi connectivity index (χ0n) is 11.3. The van der Waals surface area contributed by atoms with E-state index in [1.807, 2.05) is 0 Å². The van der Waals surface area contributed by atoms with Gasteiger partial charge in [0.05, 0.1) is 32.3 Å². The number of hydrogen-bond donors (Lipinski definition) is 2. The SMILES string of the molecule is COc1cc(OC)cc(OCc2cnc(NN)cn2)c1. The van der Waals surface area contributed by atoms with E-state index < -0.39 is 0 Å². The van der Waals surface area contributed by atoms with Crippen molar-refractivity contribution in [3.8, 4) is 17.2 Å². The molecule has 0 unspecified atom stereocenters. The van der Waals surface area contributed by atoms with Crippen LogP contribution in [0.1, 0.15) is 5.69 Å². The highest BCUT2D eigenvalue weighted by Gasteiger charge is 2.04. The number of ether oxygens (including phenoxy) is 3. The number of rotatable bonds is 6. The van der Waals surface area contributed by atoms with Gasteiger partial charge in [-0.2, -0.15) is 0 Å². The number of nitrogen functional groups attached to an aromatic ring is 1. The van der Waals surface area contributed by atoms with Gasteiger partial charge in [-0.15, -0.1) is 0 Å². The van der Waals surface area contributed by atoms with Crippen molar-refractivity contribution in [2.45, 2.75) is 6.61 Å². The van der Waals surface area contributed by atoms with Gasteiger partial charge in [0.15, 0.2) is 5.82 Å². The van der Waals surface area contributed by atoms with E-state index in [2.05, 4.69) is 15.4 Å². The Labute approximate surface area is 116 Å². The highest BCUT2D eigenvalue weighted by Crippen LogP contribution is 2.27. The molecule has 0 aliphatic rings. The van der Waals surface area contributed by atoms with Gasteiger partial charge in [-0.3, -0.25) is 4.98 Å². The summed E-state index contributed by atoms with van der Waals surface area (Å²) in [6.45, 7) is 0.286. The summed E-state index contributed by atoms with van der Waals surface area (Å²) in [5.74, 6) is 7.66. The number of hydrazine groups is 1. The average molecular weight is 276 g/mol. The van der Waals surface area contributed by atoms with Crippen molar-refractivity contribution in [1.29, 1.82) is 0 Å². The van der Waals surface area contributed by atoms with Crippen LogP contribution in [0.4, 0.5) is 5.82 Å². The molecule has 0 saturated carbocycles. The standard InChI is InChI=1S/C13H16N4O3/c1-18-10-3-11(19-2)5-12(4-10)20-8-9-6-16-13(17-14)7-15-9/h3-7H,8,14H2,1-2H3,(H,16,17). The minimum absolute atomic E-state index is 0.286. The molecule has 2 aromatic rings. The van der Waals surface area contributed by atoms with Crippen molar-refractivity contribution in [3.05, 3.63) is 36.3 Å². The number of nitrogens with one attached hydrogen (secondary N) is 1. The second kappa shape index (κ2) is 6.58. The van der Waals surface area contributed by atoms with Crippen molar-refractivity contribution in [1.82, 2.24) is 9.97 Å². The maximum Gasteiger partial charge on any atom is 0.158 e. The normalized spacial score (nSPS) is 9.95. The summed E-state index contributed by atoms with van der Waals surface area (Å²) in [6.07, 6.45) is 3.12. The minimum atomic E-state index is 0.286. The van der Waals surface area contributed by atoms with Crippen LogP contribution in [-0.4, -0.2) is 24.2 Å². The molecule has 0 radical (unpaired) electrons. The van der Waals surface area contributed by atoms with Crippen LogP contribution < -0.4 is 25.5 Å². The predicted molar refractivity (Wildman–Crippen MR) is 73.7 cm³/mol. The van der Waals surface area contributed by atoms with E-state index in [-0.39, 0.29) is 6.61 Å². The number of benzene rings is 1. The Morgan fingerprint density at radius 2 is 1.65 bits per heavy atom. The molecule has 7 nitrogen and oxygen atoms in total. The van der Waals surface area contributed by atoms with E-state index in [0.717, 1.165) is 0 Å². The summed E-state index contributed by atoms with van der Waals surface area (Å²) in [5, 5.41) is 0. The topological polar surface area (TPSA) is 91.5 Å². The molecule has 3 N–H and O–H groups in total. The molecule has 0 amide bonds. The van der Waals surface area contributed by atoms with E-state index >= 15 is 0 Å². The summed E-state index contributed by atoms with van der Waals surface area (Å²) in [7, 11) is 3.17. The van der Waals surface area contributed by atoms with Crippen LogP contribution >= 0.6 is 0 Å². The Balaban J connectivity index is 2.05. The molecule has 2 rings (SSSR count). The Morgan fingerprint density at radius 1 is 1.00 bits per heavy atom. The van der Waals surface area contributed by atoms with Crippen LogP contribution in [0.15, 0.2) is 30.6 Å². The fraction of sp³-hybridized carbons (Fsp3) is 0.231. The van der Waals surface area contributed by atoms with E-state index in [1.54, 1.807) is 38.6 Å². The molecule has 0 saturated heterocycles. The summed E-state index contributed by atoms with van der Waals surface area (Å²) in [6, 6.07) is 5.31. The lowest BCUT2D eigenvalue weighted by Gasteiger charge is -2.10. The second-order valence-electron chi connectivity index (χ2n) is 3.87. The molecule has 0 fully saturated rings. The summed E-state index contributed by atoms with van der Waals surface area (Å²) < 4.78 is 16.0. The lowest BCUT2D eigenvalue weighted by molar-refractivity contribution is 0.295. The van der Waals surface area contributed by atoms with E-state index in [9.17, 15) is 0 Å². The quantitative estimate of drug-likeness (QED) is 0.608. The first-order valence-corrected chi connectivity index (χ1v) is 5.88. The first-order valence-electron chi connectivity index (χ1n) is 5.88. The number of nitrogens with zero attached hydrogens (tertiary/aromatic N) is 2. The monoisotopic (exact) mass is 276 g/mol. The van der Waals surface area contributed by atoms with Crippen LogP contribution in [-0.2, 0) is 6.61 Å². The largest absolute Gasteiger partial charge is 0.496 e. The molecule has 0 aliphatic carbocycles. The van der Waals surface area contributed by atoms with Crippen molar-refractivity contribution in [2.75, 3.05) is 19.6 Å². The highest BCUT2D eigenvalue weighted by molar-refractivity contribution is 5.42. The van der Waals surface area contributed by atoms with Crippen molar-refractivity contribution >= 4 is 5.82 Å². The van der Waals surface area contributed by atoms with Gasteiger partial charge in [0, 0.05) is 18.2 Å². The van der Waals surface area contributed by atoms with Crippen LogP contribution in [0.3, 0.4) is 0 Å². The van der Waals surface area contributed by atoms with Gasteiger partial charge in [0.25, 0.3) is 0 Å². The van der Waals surface area contributed by atoms with E-state index in [4.69, 9.17) is 20.1 Å². The highest BCUT2D eigenvalue weighted by atomic mass is 16.5. The third kappa shape index (κ3) is 3.48. The minimum Gasteiger partial charge on any atom is -0.496 e. The number of nitrogens with two attached hydrogens (primary N) is 1. The second-order valence-corrected chi connectivity index (χ2v) is 3.87. The molecule has 7 heteroatoms. The average Bonchev–Trinajstić information content (AvgIpc) is 2.53. The molecule has 20 heavy (non-hydrogen) atoms. The first kappa shape index (κ1) is 13.9. The molecule has 0 spiro atoms. The number of aromatic nitrogens is 2. The Bertz CT molecular complexity index is 538. The smallest absolute Gasteiger partial charge is 0.158 e. The van der Waals surface area contributed by atoms with Gasteiger partial charge >= 0.3 is 0 Å². The molecule has 1 aromatic carbocycles. The molecule has 1 aromatic heterocycles. The molecular weight excluding hydrogens is 260 g/mol. The van der Waals surface area contributed by atoms with Gasteiger partial charge in [-0.25, -0.2) is 10.8 Å². The Kier molecular flexibility index (Phi) is 4.56.